The van der Waals surface area contributed by atoms with E-state index in [1.165, 1.54) is 31.4 Å². The van der Waals surface area contributed by atoms with Crippen LogP contribution in [0, 0.1) is 5.82 Å². The molecule has 1 aliphatic rings. The molecule has 0 fully saturated rings. The minimum atomic E-state index is -0.548. The Morgan fingerprint density at radius 1 is 0.806 bits per heavy atom. The van der Waals surface area contributed by atoms with Crippen LogP contribution in [0.15, 0.2) is 78.5 Å². The Balaban J connectivity index is 1.82. The van der Waals surface area contributed by atoms with Gasteiger partial charge in [-0.25, -0.2) is 9.29 Å². The van der Waals surface area contributed by atoms with Crippen LogP contribution in [0.3, 0.4) is 0 Å². The third-order valence-electron chi connectivity index (χ3n) is 4.91. The number of anilines is 2. The number of para-hydroxylation sites is 2. The number of hydrogen-bond acceptors (Lipinski definition) is 5. The molecule has 1 aliphatic heterocycles. The van der Waals surface area contributed by atoms with E-state index in [4.69, 9.17) is 9.47 Å². The number of nitrogens with one attached hydrogen (secondary N) is 1. The summed E-state index contributed by atoms with van der Waals surface area (Å²) >= 11 is 0. The van der Waals surface area contributed by atoms with Gasteiger partial charge in [-0.2, -0.15) is 0 Å². The van der Waals surface area contributed by atoms with Gasteiger partial charge in [-0.05, 0) is 54.1 Å². The van der Waals surface area contributed by atoms with Crippen molar-refractivity contribution in [3.63, 3.8) is 0 Å². The van der Waals surface area contributed by atoms with E-state index in [1.54, 1.807) is 55.6 Å². The first-order valence-electron chi connectivity index (χ1n) is 9.46. The third kappa shape index (κ3) is 3.73. The molecule has 6 nitrogen and oxygen atoms in total. The Kier molecular flexibility index (Phi) is 5.41. The second-order valence-corrected chi connectivity index (χ2v) is 6.73. The first kappa shape index (κ1) is 20.2. The summed E-state index contributed by atoms with van der Waals surface area (Å²) in [6, 6.07) is 19.1. The number of amides is 2. The molecule has 0 atom stereocenters. The smallest absolute Gasteiger partial charge is 0.282 e. The predicted molar refractivity (Wildman–Crippen MR) is 115 cm³/mol. The maximum Gasteiger partial charge on any atom is 0.282 e. The number of carbonyl (C=O) groups is 2. The van der Waals surface area contributed by atoms with E-state index >= 15 is 0 Å². The average molecular weight is 418 g/mol. The summed E-state index contributed by atoms with van der Waals surface area (Å²) in [4.78, 5) is 27.7. The van der Waals surface area contributed by atoms with E-state index < -0.39 is 17.6 Å². The zero-order valence-corrected chi connectivity index (χ0v) is 16.9. The lowest BCUT2D eigenvalue weighted by molar-refractivity contribution is -0.120. The molecule has 0 saturated carbocycles. The number of hydrogen-bond donors (Lipinski definition) is 1. The molecule has 3 aromatic carbocycles. The van der Waals surface area contributed by atoms with E-state index in [9.17, 15) is 14.0 Å². The fourth-order valence-corrected chi connectivity index (χ4v) is 3.38. The number of halogens is 1. The molecule has 0 aliphatic carbocycles. The molecule has 0 unspecified atom stereocenters. The van der Waals surface area contributed by atoms with E-state index in [-0.39, 0.29) is 17.0 Å². The van der Waals surface area contributed by atoms with Crippen molar-refractivity contribution < 1.29 is 23.5 Å². The highest BCUT2D eigenvalue weighted by molar-refractivity contribution is 6.46. The number of imide groups is 1. The van der Waals surface area contributed by atoms with Crippen LogP contribution in [0.5, 0.6) is 11.5 Å². The van der Waals surface area contributed by atoms with Gasteiger partial charge in [0.05, 0.1) is 31.2 Å². The zero-order chi connectivity index (χ0) is 22.0. The van der Waals surface area contributed by atoms with Crippen molar-refractivity contribution in [2.75, 3.05) is 24.4 Å². The van der Waals surface area contributed by atoms with Crippen LogP contribution in [-0.4, -0.2) is 26.0 Å². The van der Waals surface area contributed by atoms with Crippen molar-refractivity contribution in [1.82, 2.24) is 0 Å². The van der Waals surface area contributed by atoms with Gasteiger partial charge in [0.15, 0.2) is 0 Å². The van der Waals surface area contributed by atoms with Crippen molar-refractivity contribution in [2.24, 2.45) is 0 Å². The highest BCUT2D eigenvalue weighted by atomic mass is 19.1. The molecule has 3 aromatic rings. The van der Waals surface area contributed by atoms with Crippen molar-refractivity contribution in [2.45, 2.75) is 0 Å². The van der Waals surface area contributed by atoms with Crippen LogP contribution in [0.25, 0.3) is 5.57 Å². The monoisotopic (exact) mass is 418 g/mol. The number of benzene rings is 3. The van der Waals surface area contributed by atoms with Crippen LogP contribution in [0.1, 0.15) is 5.56 Å². The lowest BCUT2D eigenvalue weighted by Gasteiger charge is -2.16. The van der Waals surface area contributed by atoms with Crippen molar-refractivity contribution in [1.29, 1.82) is 0 Å². The Morgan fingerprint density at radius 3 is 2.13 bits per heavy atom. The van der Waals surface area contributed by atoms with Gasteiger partial charge in [0.25, 0.3) is 11.8 Å². The van der Waals surface area contributed by atoms with Crippen LogP contribution in [0.2, 0.25) is 0 Å². The molecule has 0 saturated heterocycles. The van der Waals surface area contributed by atoms with E-state index in [0.29, 0.717) is 22.7 Å². The largest absolute Gasteiger partial charge is 0.497 e. The normalized spacial score (nSPS) is 13.6. The lowest BCUT2D eigenvalue weighted by Crippen LogP contribution is -2.32. The predicted octanol–water partition coefficient (Wildman–Crippen LogP) is 4.24. The molecule has 0 spiro atoms. The molecule has 1 heterocycles. The minimum absolute atomic E-state index is 0.101. The van der Waals surface area contributed by atoms with Crippen LogP contribution in [-0.2, 0) is 9.59 Å². The number of rotatable bonds is 6. The Hall–Kier alpha value is -4.13. The molecule has 1 N–H and O–H groups in total. The van der Waals surface area contributed by atoms with E-state index in [2.05, 4.69) is 5.32 Å². The summed E-state index contributed by atoms with van der Waals surface area (Å²) in [6.45, 7) is 0. The van der Waals surface area contributed by atoms with Crippen molar-refractivity contribution in [3.8, 4) is 11.5 Å². The molecule has 0 aromatic heterocycles. The van der Waals surface area contributed by atoms with Gasteiger partial charge in [0.1, 0.15) is 23.0 Å². The van der Waals surface area contributed by atoms with Crippen molar-refractivity contribution in [3.05, 3.63) is 89.9 Å². The maximum atomic E-state index is 13.4. The molecule has 7 heteroatoms. The second-order valence-electron chi connectivity index (χ2n) is 6.73. The van der Waals surface area contributed by atoms with Gasteiger partial charge >= 0.3 is 0 Å². The molecule has 0 bridgehead atoms. The summed E-state index contributed by atoms with van der Waals surface area (Å²) in [5.74, 6) is -0.383. The number of ether oxygens (including phenoxy) is 2. The number of nitrogens with zero attached hydrogens (tertiary/aromatic N) is 1. The first-order chi connectivity index (χ1) is 15.0. The zero-order valence-electron chi connectivity index (χ0n) is 16.9. The fraction of sp³-hybridized carbons (Fsp3) is 0.0833. The van der Waals surface area contributed by atoms with Gasteiger partial charge < -0.3 is 14.8 Å². The van der Waals surface area contributed by atoms with E-state index in [1.807, 2.05) is 0 Å². The van der Waals surface area contributed by atoms with Gasteiger partial charge in [-0.3, -0.25) is 9.59 Å². The summed E-state index contributed by atoms with van der Waals surface area (Å²) in [5, 5.41) is 3.07. The third-order valence-corrected chi connectivity index (χ3v) is 4.91. The molecule has 31 heavy (non-hydrogen) atoms. The minimum Gasteiger partial charge on any atom is -0.497 e. The summed E-state index contributed by atoms with van der Waals surface area (Å²) in [6.07, 6.45) is 0. The molecular weight excluding hydrogens is 399 g/mol. The van der Waals surface area contributed by atoms with Crippen molar-refractivity contribution >= 4 is 28.8 Å². The average Bonchev–Trinajstić information content (AvgIpc) is 3.04. The van der Waals surface area contributed by atoms with Gasteiger partial charge in [0.2, 0.25) is 0 Å². The standard InChI is InChI=1S/C24H19FN2O4/c1-30-18-13-7-15(8-14-18)21-22(26-19-5-3-4-6-20(19)31-2)24(29)27(23(21)28)17-11-9-16(25)10-12-17/h3-14,26H,1-2H3. The van der Waals surface area contributed by atoms with E-state index in [0.717, 1.165) is 4.90 Å². The van der Waals surface area contributed by atoms with Gasteiger partial charge in [-0.15, -0.1) is 0 Å². The molecule has 4 rings (SSSR count). The highest BCUT2D eigenvalue weighted by Gasteiger charge is 2.40. The van der Waals surface area contributed by atoms with Crippen LogP contribution >= 0.6 is 0 Å². The summed E-state index contributed by atoms with van der Waals surface area (Å²) in [7, 11) is 3.06. The fourth-order valence-electron chi connectivity index (χ4n) is 3.38. The highest BCUT2D eigenvalue weighted by Crippen LogP contribution is 2.36. The molecule has 2 amide bonds. The van der Waals surface area contributed by atoms with Gasteiger partial charge in [0, 0.05) is 0 Å². The Morgan fingerprint density at radius 2 is 1.48 bits per heavy atom. The Bertz CT molecular complexity index is 1170. The lowest BCUT2D eigenvalue weighted by atomic mass is 10.0. The number of methoxy groups -OCH3 is 2. The Labute approximate surface area is 178 Å². The number of carbonyl (C=O) groups excluding carboxylic acids is 2. The SMILES string of the molecule is COc1ccc(C2=C(Nc3ccccc3OC)C(=O)N(c3ccc(F)cc3)C2=O)cc1. The summed E-state index contributed by atoms with van der Waals surface area (Å²) < 4.78 is 23.9. The first-order valence-corrected chi connectivity index (χ1v) is 9.46. The van der Waals surface area contributed by atoms with Gasteiger partial charge in [-0.1, -0.05) is 24.3 Å². The summed E-state index contributed by atoms with van der Waals surface area (Å²) in [5.41, 5.74) is 1.65. The van der Waals surface area contributed by atoms with Crippen LogP contribution < -0.4 is 19.7 Å². The topological polar surface area (TPSA) is 67.9 Å². The van der Waals surface area contributed by atoms with Crippen LogP contribution in [0.4, 0.5) is 15.8 Å². The second kappa shape index (κ2) is 8.31. The maximum absolute atomic E-state index is 13.4. The molecule has 156 valence electrons. The quantitative estimate of drug-likeness (QED) is 0.607. The molecule has 0 radical (unpaired) electrons. The molecular formula is C24H19FN2O4.